The van der Waals surface area contributed by atoms with Crippen LogP contribution in [0.2, 0.25) is 5.02 Å². The normalized spacial score (nSPS) is 13.5. The first kappa shape index (κ1) is 24.5. The summed E-state index contributed by atoms with van der Waals surface area (Å²) in [4.78, 5) is 16.0. The first-order chi connectivity index (χ1) is 18.2. The zero-order valence-electron chi connectivity index (χ0n) is 20.3. The van der Waals surface area contributed by atoms with Gasteiger partial charge in [-0.3, -0.25) is 0 Å². The van der Waals surface area contributed by atoms with E-state index >= 15 is 0 Å². The number of hydrogen-bond donors (Lipinski definition) is 2. The molecular formula is C28H28ClN7O. The van der Waals surface area contributed by atoms with Crippen LogP contribution in [-0.2, 0) is 6.61 Å². The van der Waals surface area contributed by atoms with Crippen LogP contribution in [0, 0.1) is 0 Å². The van der Waals surface area contributed by atoms with Crippen LogP contribution in [0.15, 0.2) is 84.0 Å². The first-order valence-electron chi connectivity index (χ1n) is 12.3. The Morgan fingerprint density at radius 3 is 2.32 bits per heavy atom. The minimum atomic E-state index is 0.383. The zero-order chi connectivity index (χ0) is 25.3. The molecule has 0 bridgehead atoms. The summed E-state index contributed by atoms with van der Waals surface area (Å²) in [6, 6.07) is 25.2. The summed E-state index contributed by atoms with van der Waals surface area (Å²) >= 11 is 5.94. The molecule has 1 aromatic heterocycles. The summed E-state index contributed by atoms with van der Waals surface area (Å²) in [5.74, 6) is 2.28. The Morgan fingerprint density at radius 1 is 0.838 bits per heavy atom. The van der Waals surface area contributed by atoms with E-state index in [4.69, 9.17) is 16.3 Å². The molecule has 0 saturated carbocycles. The lowest BCUT2D eigenvalue weighted by atomic mass is 10.1. The minimum absolute atomic E-state index is 0.383. The zero-order valence-corrected chi connectivity index (χ0v) is 21.1. The molecule has 3 aromatic carbocycles. The highest BCUT2D eigenvalue weighted by Crippen LogP contribution is 2.21. The molecule has 0 unspecified atom stereocenters. The van der Waals surface area contributed by atoms with Crippen molar-refractivity contribution in [1.82, 2.24) is 15.0 Å². The molecule has 0 radical (unpaired) electrons. The molecular weight excluding hydrogens is 486 g/mol. The molecule has 4 aromatic rings. The summed E-state index contributed by atoms with van der Waals surface area (Å²) < 4.78 is 5.85. The molecule has 9 heteroatoms. The predicted molar refractivity (Wildman–Crippen MR) is 149 cm³/mol. The van der Waals surface area contributed by atoms with E-state index in [1.807, 2.05) is 78.9 Å². The van der Waals surface area contributed by atoms with Gasteiger partial charge < -0.3 is 15.0 Å². The third-order valence-electron chi connectivity index (χ3n) is 5.87. The molecule has 37 heavy (non-hydrogen) atoms. The lowest BCUT2D eigenvalue weighted by Gasteiger charge is -2.26. The highest BCUT2D eigenvalue weighted by Gasteiger charge is 2.16. The van der Waals surface area contributed by atoms with Gasteiger partial charge in [-0.05, 0) is 78.9 Å². The van der Waals surface area contributed by atoms with E-state index in [-0.39, 0.29) is 0 Å². The number of piperidine rings is 1. The average Bonchev–Trinajstić information content (AvgIpc) is 2.94. The first-order valence-corrected chi connectivity index (χ1v) is 12.7. The van der Waals surface area contributed by atoms with Crippen molar-refractivity contribution in [2.45, 2.75) is 25.9 Å². The van der Waals surface area contributed by atoms with Crippen LogP contribution in [0.25, 0.3) is 0 Å². The summed E-state index contributed by atoms with van der Waals surface area (Å²) in [7, 11) is 0. The summed E-state index contributed by atoms with van der Waals surface area (Å²) in [6.45, 7) is 2.35. The lowest BCUT2D eigenvalue weighted by Crippen LogP contribution is -2.31. The average molecular weight is 514 g/mol. The SMILES string of the molecule is Clc1ccc(COc2ccc(/C=N/Nc3nc(Nc4ccccc4)nc(N4CCCCC4)n3)cc2)cc1. The van der Waals surface area contributed by atoms with Crippen LogP contribution in [0.4, 0.5) is 23.5 Å². The number of rotatable bonds is 9. The topological polar surface area (TPSA) is 87.6 Å². The molecule has 1 fully saturated rings. The second kappa shape index (κ2) is 12.2. The molecule has 0 spiro atoms. The smallest absolute Gasteiger partial charge is 0.250 e. The maximum Gasteiger partial charge on any atom is 0.250 e. The third-order valence-corrected chi connectivity index (χ3v) is 6.12. The van der Waals surface area contributed by atoms with Crippen LogP contribution in [-0.4, -0.2) is 34.3 Å². The number of hydrogen-bond acceptors (Lipinski definition) is 8. The van der Waals surface area contributed by atoms with Gasteiger partial charge in [0.2, 0.25) is 17.8 Å². The van der Waals surface area contributed by atoms with Crippen molar-refractivity contribution >= 4 is 41.3 Å². The number of ether oxygens (including phenoxy) is 1. The number of benzene rings is 3. The van der Waals surface area contributed by atoms with E-state index in [1.165, 1.54) is 6.42 Å². The lowest BCUT2D eigenvalue weighted by molar-refractivity contribution is 0.306. The predicted octanol–water partition coefficient (Wildman–Crippen LogP) is 6.28. The van der Waals surface area contributed by atoms with Gasteiger partial charge in [0.1, 0.15) is 12.4 Å². The van der Waals surface area contributed by atoms with Gasteiger partial charge in [0.25, 0.3) is 0 Å². The van der Waals surface area contributed by atoms with Gasteiger partial charge in [0.15, 0.2) is 0 Å². The van der Waals surface area contributed by atoms with Crippen molar-refractivity contribution in [3.05, 3.63) is 95.0 Å². The number of hydrazone groups is 1. The molecule has 0 aliphatic carbocycles. The minimum Gasteiger partial charge on any atom is -0.489 e. The third kappa shape index (κ3) is 7.17. The van der Waals surface area contributed by atoms with E-state index in [0.717, 1.165) is 48.5 Å². The summed E-state index contributed by atoms with van der Waals surface area (Å²) in [5, 5.41) is 8.33. The van der Waals surface area contributed by atoms with Crippen molar-refractivity contribution in [3.8, 4) is 5.75 Å². The van der Waals surface area contributed by atoms with Crippen LogP contribution in [0.5, 0.6) is 5.75 Å². The highest BCUT2D eigenvalue weighted by molar-refractivity contribution is 6.30. The molecule has 1 aliphatic heterocycles. The molecule has 1 saturated heterocycles. The number of anilines is 4. The highest BCUT2D eigenvalue weighted by atomic mass is 35.5. The number of nitrogens with one attached hydrogen (secondary N) is 2. The number of halogens is 1. The standard InChI is InChI=1S/C28H28ClN7O/c29-23-13-9-22(10-14-23)20-37-25-15-11-21(12-16-25)19-30-35-27-32-26(31-24-7-3-1-4-8-24)33-28(34-27)36-17-5-2-6-18-36/h1,3-4,7-16,19H,2,5-6,17-18,20H2,(H2,31,32,33,34,35)/b30-19+. The number of nitrogens with zero attached hydrogens (tertiary/aromatic N) is 5. The molecule has 188 valence electrons. The molecule has 2 N–H and O–H groups in total. The Bertz CT molecular complexity index is 1310. The monoisotopic (exact) mass is 513 g/mol. The second-order valence-electron chi connectivity index (χ2n) is 8.68. The maximum absolute atomic E-state index is 5.94. The molecule has 1 aliphatic rings. The van der Waals surface area contributed by atoms with E-state index in [2.05, 4.69) is 35.7 Å². The van der Waals surface area contributed by atoms with E-state index in [1.54, 1.807) is 6.21 Å². The van der Waals surface area contributed by atoms with Crippen molar-refractivity contribution in [1.29, 1.82) is 0 Å². The Morgan fingerprint density at radius 2 is 1.57 bits per heavy atom. The molecule has 5 rings (SSSR count). The van der Waals surface area contributed by atoms with Gasteiger partial charge >= 0.3 is 0 Å². The van der Waals surface area contributed by atoms with Gasteiger partial charge in [-0.15, -0.1) is 0 Å². The van der Waals surface area contributed by atoms with Gasteiger partial charge in [-0.25, -0.2) is 5.43 Å². The van der Waals surface area contributed by atoms with Gasteiger partial charge in [0.05, 0.1) is 6.21 Å². The van der Waals surface area contributed by atoms with Crippen molar-refractivity contribution < 1.29 is 4.74 Å². The Balaban J connectivity index is 1.24. The van der Waals surface area contributed by atoms with Crippen molar-refractivity contribution in [3.63, 3.8) is 0 Å². The maximum atomic E-state index is 5.94. The largest absolute Gasteiger partial charge is 0.489 e. The summed E-state index contributed by atoms with van der Waals surface area (Å²) in [5.41, 5.74) is 5.84. The van der Waals surface area contributed by atoms with Crippen LogP contribution in [0.3, 0.4) is 0 Å². The fraction of sp³-hybridized carbons (Fsp3) is 0.214. The van der Waals surface area contributed by atoms with Crippen LogP contribution in [0.1, 0.15) is 30.4 Å². The number of aromatic nitrogens is 3. The molecule has 0 amide bonds. The van der Waals surface area contributed by atoms with Crippen molar-refractivity contribution in [2.24, 2.45) is 5.10 Å². The Labute approximate surface area is 221 Å². The van der Waals surface area contributed by atoms with Crippen molar-refractivity contribution in [2.75, 3.05) is 28.7 Å². The van der Waals surface area contributed by atoms with Gasteiger partial charge in [-0.2, -0.15) is 20.1 Å². The number of para-hydroxylation sites is 1. The van der Waals surface area contributed by atoms with E-state index < -0.39 is 0 Å². The van der Waals surface area contributed by atoms with Gasteiger partial charge in [-0.1, -0.05) is 41.9 Å². The van der Waals surface area contributed by atoms with E-state index in [0.29, 0.717) is 29.5 Å². The van der Waals surface area contributed by atoms with E-state index in [9.17, 15) is 0 Å². The fourth-order valence-electron chi connectivity index (χ4n) is 3.92. The molecule has 8 nitrogen and oxygen atoms in total. The molecule has 0 atom stereocenters. The Hall–Kier alpha value is -4.17. The fourth-order valence-corrected chi connectivity index (χ4v) is 4.04. The Kier molecular flexibility index (Phi) is 8.07. The van der Waals surface area contributed by atoms with Crippen LogP contribution >= 0.6 is 11.6 Å². The summed E-state index contributed by atoms with van der Waals surface area (Å²) in [6.07, 6.45) is 5.22. The molecule has 2 heterocycles. The van der Waals surface area contributed by atoms with Gasteiger partial charge in [0, 0.05) is 23.8 Å². The quantitative estimate of drug-likeness (QED) is 0.201. The second-order valence-corrected chi connectivity index (χ2v) is 9.11. The van der Waals surface area contributed by atoms with Crippen LogP contribution < -0.4 is 20.4 Å².